The molecule has 2 aromatic rings. The number of nitrogens with one attached hydrogen (secondary N) is 7. The molecule has 2 heterocycles. The summed E-state index contributed by atoms with van der Waals surface area (Å²) in [4.78, 5) is 153. The predicted molar refractivity (Wildman–Crippen MR) is 307 cm³/mol. The average Bonchev–Trinajstić information content (AvgIpc) is 3.50. The number of amides is 7. The van der Waals surface area contributed by atoms with Gasteiger partial charge in [-0.25, -0.2) is 0 Å². The fourth-order valence-electron chi connectivity index (χ4n) is 9.27. The molecule has 4 rings (SSSR count). The Bertz CT molecular complexity index is 2600. The van der Waals surface area contributed by atoms with Gasteiger partial charge >= 0.3 is 17.9 Å². The molecule has 0 bridgehead atoms. The Balaban J connectivity index is 1.23. The normalized spacial score (nSPS) is 20.6. The smallest absolute Gasteiger partial charge is 0.317 e. The Kier molecular flexibility index (Phi) is 30.0. The highest BCUT2D eigenvalue weighted by molar-refractivity contribution is 5.95. The SMILES string of the molecule is CN1[C@H](CCCNC(=O)CNC(=O)COCCOCCNC(=O)CN2CCN(CC(=O)O)CCN(CC(=O)O)CCN(CC(=O)O)CC2)C(=O)NC(CCCN=C(N)N)C(=O)N[C@@H](Cc2ccc3ccccc3c2)C(=O)NCC(=O)N[C@@]1(C)C=O. The number of rotatable bonds is 29. The van der Waals surface area contributed by atoms with Crippen LogP contribution in [0.2, 0.25) is 0 Å². The summed E-state index contributed by atoms with van der Waals surface area (Å²) < 4.78 is 10.9. The van der Waals surface area contributed by atoms with Gasteiger partial charge in [0.25, 0.3) is 0 Å². The summed E-state index contributed by atoms with van der Waals surface area (Å²) in [5, 5.41) is 48.7. The molecule has 2 aromatic carbocycles. The number of carboxylic acid groups (broad SMARTS) is 3. The number of aldehydes is 1. The number of carbonyl (C=O) groups is 11. The van der Waals surface area contributed by atoms with E-state index in [1.165, 1.54) is 18.9 Å². The van der Waals surface area contributed by atoms with Crippen molar-refractivity contribution >= 4 is 82.3 Å². The molecule has 7 amide bonds. The van der Waals surface area contributed by atoms with Gasteiger partial charge in [0.1, 0.15) is 24.4 Å². The van der Waals surface area contributed by atoms with Gasteiger partial charge in [0, 0.05) is 78.4 Å². The zero-order valence-electron chi connectivity index (χ0n) is 48.2. The van der Waals surface area contributed by atoms with E-state index in [1.807, 2.05) is 42.5 Å². The summed E-state index contributed by atoms with van der Waals surface area (Å²) in [6.45, 7) is 1.46. The summed E-state index contributed by atoms with van der Waals surface area (Å²) in [5.41, 5.74) is 9.94. The maximum absolute atomic E-state index is 14.3. The Labute approximate surface area is 492 Å². The summed E-state index contributed by atoms with van der Waals surface area (Å²) in [6, 6.07) is 9.58. The predicted octanol–water partition coefficient (Wildman–Crippen LogP) is -5.50. The summed E-state index contributed by atoms with van der Waals surface area (Å²) in [6.07, 6.45) is 0.865. The second-order valence-electron chi connectivity index (χ2n) is 20.7. The summed E-state index contributed by atoms with van der Waals surface area (Å²) >= 11 is 0. The zero-order valence-corrected chi connectivity index (χ0v) is 48.2. The van der Waals surface area contributed by atoms with Crippen LogP contribution < -0.4 is 48.7 Å². The molecule has 470 valence electrons. The molecule has 85 heavy (non-hydrogen) atoms. The Morgan fingerprint density at radius 1 is 0.671 bits per heavy atom. The van der Waals surface area contributed by atoms with Crippen LogP contribution in [-0.4, -0.2) is 280 Å². The molecule has 2 aliphatic rings. The number of nitrogens with two attached hydrogens (primary N) is 2. The molecule has 4 atom stereocenters. The molecule has 0 saturated carbocycles. The van der Waals surface area contributed by atoms with E-state index >= 15 is 0 Å². The van der Waals surface area contributed by atoms with Crippen LogP contribution >= 0.6 is 0 Å². The monoisotopic (exact) mass is 1200 g/mol. The van der Waals surface area contributed by atoms with E-state index in [2.05, 4.69) is 42.2 Å². The van der Waals surface area contributed by atoms with E-state index in [9.17, 15) is 68.1 Å². The number of aliphatic carboxylic acids is 3. The summed E-state index contributed by atoms with van der Waals surface area (Å²) in [5.74, 6) is -7.75. The lowest BCUT2D eigenvalue weighted by Gasteiger charge is -2.40. The van der Waals surface area contributed by atoms with Gasteiger partial charge < -0.3 is 73.5 Å². The summed E-state index contributed by atoms with van der Waals surface area (Å²) in [7, 11) is 1.43. The molecule has 31 heteroatoms. The van der Waals surface area contributed by atoms with E-state index in [0.717, 1.165) is 10.8 Å². The quantitative estimate of drug-likeness (QED) is 0.0156. The molecule has 2 saturated heterocycles. The van der Waals surface area contributed by atoms with Crippen molar-refractivity contribution in [3.05, 3.63) is 48.0 Å². The molecule has 2 aliphatic heterocycles. The number of carbonyl (C=O) groups excluding carboxylic acids is 8. The molecule has 0 radical (unpaired) electrons. The van der Waals surface area contributed by atoms with Crippen molar-refractivity contribution in [2.75, 3.05) is 145 Å². The maximum Gasteiger partial charge on any atom is 0.317 e. The van der Waals surface area contributed by atoms with Gasteiger partial charge in [0.05, 0.1) is 65.1 Å². The molecule has 14 N–H and O–H groups in total. The number of guanidine groups is 1. The van der Waals surface area contributed by atoms with Crippen molar-refractivity contribution in [1.82, 2.24) is 61.7 Å². The third kappa shape index (κ3) is 26.7. The van der Waals surface area contributed by atoms with E-state index in [-0.39, 0.29) is 162 Å². The van der Waals surface area contributed by atoms with Crippen molar-refractivity contribution in [1.29, 1.82) is 0 Å². The van der Waals surface area contributed by atoms with E-state index in [0.29, 0.717) is 11.8 Å². The number of nitrogens with zero attached hydrogens (tertiary/aromatic N) is 6. The molecule has 0 aromatic heterocycles. The third-order valence-corrected chi connectivity index (χ3v) is 14.0. The van der Waals surface area contributed by atoms with Gasteiger partial charge in [-0.05, 0) is 56.0 Å². The first-order valence-corrected chi connectivity index (χ1v) is 28.0. The first kappa shape index (κ1) is 69.6. The lowest BCUT2D eigenvalue weighted by Crippen LogP contribution is -2.66. The van der Waals surface area contributed by atoms with Crippen LogP contribution in [0.15, 0.2) is 47.5 Å². The van der Waals surface area contributed by atoms with Crippen molar-refractivity contribution in [3.8, 4) is 0 Å². The Morgan fingerprint density at radius 3 is 1.82 bits per heavy atom. The Hall–Kier alpha value is -7.94. The number of fused-ring (bicyclic) bond motifs is 1. The lowest BCUT2D eigenvalue weighted by atomic mass is 10.00. The third-order valence-electron chi connectivity index (χ3n) is 14.0. The number of likely N-dealkylation sites (N-methyl/N-ethyl adjacent to an activating group) is 1. The number of aliphatic imine (C=N–C) groups is 1. The molecule has 31 nitrogen and oxygen atoms in total. The molecular weight excluding hydrogens is 1110 g/mol. The van der Waals surface area contributed by atoms with E-state index in [4.69, 9.17) is 20.9 Å². The van der Waals surface area contributed by atoms with Crippen LogP contribution in [0.4, 0.5) is 0 Å². The Morgan fingerprint density at radius 2 is 1.24 bits per heavy atom. The molecular formula is C54H83N15O16. The fraction of sp³-hybridized carbons (Fsp3) is 0.593. The van der Waals surface area contributed by atoms with Gasteiger partial charge in [0.15, 0.2) is 12.2 Å². The second kappa shape index (κ2) is 36.7. The fourth-order valence-corrected chi connectivity index (χ4v) is 9.27. The first-order valence-electron chi connectivity index (χ1n) is 28.0. The van der Waals surface area contributed by atoms with Crippen LogP contribution in [0.3, 0.4) is 0 Å². The molecule has 2 fully saturated rings. The maximum atomic E-state index is 14.3. The van der Waals surface area contributed by atoms with Crippen molar-refractivity contribution in [2.45, 2.75) is 62.8 Å². The van der Waals surface area contributed by atoms with Crippen molar-refractivity contribution in [3.63, 3.8) is 0 Å². The van der Waals surface area contributed by atoms with Gasteiger partial charge in [0.2, 0.25) is 41.4 Å². The number of hydrogen-bond donors (Lipinski definition) is 12. The standard InChI is InChI=1S/C54H83N15O16/c1-54(36-70)64-44(72)30-61-50(81)41(28-37-11-12-38-7-3-4-8-39(38)27-37)63-51(82)40(9-5-14-59-53(55)56)62-52(83)42(65(54)2)10-6-13-57-43(71)29-60-46(74)35-85-26-25-84-24-15-58-45(73)31-66-16-18-67(32-47(75)76)20-22-69(34-49(79)80)23-21-68(19-17-66)33-48(77)78/h3-4,7-8,11-12,27,36,40-42H,5-6,9-10,13-26,28-35H2,1-2H3,(H,57,71)(H,58,73)(H,60,74)(H,61,81)(H,62,83)(H,63,82)(H,64,72)(H,75,76)(H,77,78)(H,79,80)(H4,55,56,59)/t40?,41-,42+,54+/m0/s1. The largest absolute Gasteiger partial charge is 0.480 e. The second-order valence-corrected chi connectivity index (χ2v) is 20.7. The lowest BCUT2D eigenvalue weighted by molar-refractivity contribution is -0.140. The van der Waals surface area contributed by atoms with Crippen LogP contribution in [-0.2, 0) is 68.6 Å². The number of hydrogen-bond acceptors (Lipinski definition) is 19. The highest BCUT2D eigenvalue weighted by Gasteiger charge is 2.40. The van der Waals surface area contributed by atoms with E-state index < -0.39 is 96.8 Å². The average molecular weight is 1200 g/mol. The van der Waals surface area contributed by atoms with Crippen LogP contribution in [0.1, 0.15) is 38.2 Å². The first-order chi connectivity index (χ1) is 40.5. The topological polar surface area (TPSA) is 432 Å². The minimum Gasteiger partial charge on any atom is -0.480 e. The minimum atomic E-state index is -1.80. The highest BCUT2D eigenvalue weighted by atomic mass is 16.5. The van der Waals surface area contributed by atoms with Gasteiger partial charge in [-0.15, -0.1) is 0 Å². The van der Waals surface area contributed by atoms with Gasteiger partial charge in [-0.3, -0.25) is 82.2 Å². The number of benzene rings is 2. The molecule has 1 unspecified atom stereocenters. The highest BCUT2D eigenvalue weighted by Crippen LogP contribution is 2.19. The van der Waals surface area contributed by atoms with Crippen molar-refractivity contribution in [2.24, 2.45) is 16.5 Å². The molecule has 0 aliphatic carbocycles. The zero-order chi connectivity index (χ0) is 62.3. The number of carboxylic acids is 3. The minimum absolute atomic E-state index is 0.00232. The van der Waals surface area contributed by atoms with Crippen molar-refractivity contribution < 1.29 is 77.5 Å². The van der Waals surface area contributed by atoms with Crippen LogP contribution in [0.5, 0.6) is 0 Å². The van der Waals surface area contributed by atoms with Gasteiger partial charge in [-0.1, -0.05) is 42.5 Å². The number of ether oxygens (including phenoxy) is 2. The van der Waals surface area contributed by atoms with Gasteiger partial charge in [-0.2, -0.15) is 0 Å². The molecule has 0 spiro atoms. The van der Waals surface area contributed by atoms with Crippen LogP contribution in [0, 0.1) is 0 Å². The van der Waals surface area contributed by atoms with Crippen LogP contribution in [0.25, 0.3) is 10.8 Å². The van der Waals surface area contributed by atoms with E-state index in [1.54, 1.807) is 19.6 Å².